The van der Waals surface area contributed by atoms with Crippen molar-refractivity contribution in [3.8, 4) is 0 Å². The Bertz CT molecular complexity index is 340. The molecule has 0 fully saturated rings. The quantitative estimate of drug-likeness (QED) is 0.697. The molecule has 0 aromatic carbocycles. The van der Waals surface area contributed by atoms with Gasteiger partial charge in [0.15, 0.2) is 0 Å². The largest absolute Gasteiger partial charge is 0.359 e. The molecule has 0 bridgehead atoms. The molecule has 0 spiro atoms. The van der Waals surface area contributed by atoms with Crippen molar-refractivity contribution in [1.29, 1.82) is 0 Å². The smallest absolute Gasteiger partial charge is 0.221 e. The van der Waals surface area contributed by atoms with Gasteiger partial charge in [-0.05, 0) is 11.6 Å². The first-order valence-electron chi connectivity index (χ1n) is 5.05. The van der Waals surface area contributed by atoms with E-state index in [-0.39, 0.29) is 5.91 Å². The Hall–Kier alpha value is -1.91. The lowest BCUT2D eigenvalue weighted by atomic mass is 10.2. The molecule has 5 nitrogen and oxygen atoms in total. The summed E-state index contributed by atoms with van der Waals surface area (Å²) in [5, 5.41) is 2.51. The Morgan fingerprint density at radius 2 is 2.44 bits per heavy atom. The third-order valence-corrected chi connectivity index (χ3v) is 2.16. The second-order valence-electron chi connectivity index (χ2n) is 3.36. The zero-order chi connectivity index (χ0) is 11.8. The zero-order valence-electron chi connectivity index (χ0n) is 9.22. The van der Waals surface area contributed by atoms with Crippen LogP contribution in [0.15, 0.2) is 24.5 Å². The highest BCUT2D eigenvalue weighted by Crippen LogP contribution is 2.01. The normalized spacial score (nSPS) is 9.56. The van der Waals surface area contributed by atoms with Crippen LogP contribution in [-0.4, -0.2) is 35.8 Å². The molecular weight excluding hydrogens is 206 g/mol. The lowest BCUT2D eigenvalue weighted by Crippen LogP contribution is -2.28. The number of rotatable bonds is 6. The van der Waals surface area contributed by atoms with Crippen LogP contribution in [-0.2, 0) is 16.1 Å². The van der Waals surface area contributed by atoms with Crippen molar-refractivity contribution in [1.82, 2.24) is 15.2 Å². The van der Waals surface area contributed by atoms with Gasteiger partial charge in [0, 0.05) is 39.0 Å². The molecule has 5 heteroatoms. The second kappa shape index (κ2) is 6.55. The van der Waals surface area contributed by atoms with Gasteiger partial charge in [-0.2, -0.15) is 0 Å². The molecule has 16 heavy (non-hydrogen) atoms. The maximum absolute atomic E-state index is 11.0. The molecule has 1 heterocycles. The van der Waals surface area contributed by atoms with Crippen LogP contribution < -0.4 is 5.32 Å². The van der Waals surface area contributed by atoms with Gasteiger partial charge in [-0.25, -0.2) is 0 Å². The number of carbonyl (C=O) groups excluding carboxylic acids is 2. The molecule has 0 aliphatic carbocycles. The summed E-state index contributed by atoms with van der Waals surface area (Å²) in [6.45, 7) is 0.895. The third-order valence-electron chi connectivity index (χ3n) is 2.16. The summed E-state index contributed by atoms with van der Waals surface area (Å²) in [5.74, 6) is -0.0713. The van der Waals surface area contributed by atoms with Crippen LogP contribution in [0.3, 0.4) is 0 Å². The molecule has 0 radical (unpaired) electrons. The van der Waals surface area contributed by atoms with Gasteiger partial charge in [0.25, 0.3) is 0 Å². The second-order valence-corrected chi connectivity index (χ2v) is 3.36. The summed E-state index contributed by atoms with van der Waals surface area (Å²) < 4.78 is 0. The van der Waals surface area contributed by atoms with Crippen molar-refractivity contribution in [3.63, 3.8) is 0 Å². The third kappa shape index (κ3) is 4.08. The Morgan fingerprint density at radius 1 is 1.62 bits per heavy atom. The van der Waals surface area contributed by atoms with Crippen molar-refractivity contribution in [2.45, 2.75) is 13.0 Å². The van der Waals surface area contributed by atoms with Crippen molar-refractivity contribution in [2.24, 2.45) is 0 Å². The predicted molar refractivity (Wildman–Crippen MR) is 59.4 cm³/mol. The number of pyridine rings is 1. The van der Waals surface area contributed by atoms with Crippen molar-refractivity contribution >= 4 is 12.3 Å². The highest BCUT2D eigenvalue weighted by molar-refractivity contribution is 5.75. The number of carbonyl (C=O) groups is 2. The molecule has 0 unspecified atom stereocenters. The number of nitrogens with zero attached hydrogens (tertiary/aromatic N) is 2. The van der Waals surface area contributed by atoms with E-state index in [0.29, 0.717) is 19.5 Å². The summed E-state index contributed by atoms with van der Waals surface area (Å²) in [4.78, 5) is 27.3. The number of amides is 2. The average Bonchev–Trinajstić information content (AvgIpc) is 2.35. The number of aromatic nitrogens is 1. The van der Waals surface area contributed by atoms with E-state index >= 15 is 0 Å². The fourth-order valence-electron chi connectivity index (χ4n) is 1.27. The molecule has 0 saturated carbocycles. The topological polar surface area (TPSA) is 62.3 Å². The van der Waals surface area contributed by atoms with Gasteiger partial charge >= 0.3 is 0 Å². The molecule has 0 saturated heterocycles. The van der Waals surface area contributed by atoms with E-state index < -0.39 is 0 Å². The number of nitrogens with one attached hydrogen (secondary N) is 1. The molecule has 0 aliphatic rings. The lowest BCUT2D eigenvalue weighted by molar-refractivity contribution is -0.122. The maximum atomic E-state index is 11.0. The van der Waals surface area contributed by atoms with Crippen LogP contribution in [0, 0.1) is 0 Å². The standard InChI is InChI=1S/C11H15N3O2/c1-12-11(16)4-6-14(9-15)8-10-3-2-5-13-7-10/h2-3,5,7,9H,4,6,8H2,1H3,(H,12,16). The fraction of sp³-hybridized carbons (Fsp3) is 0.364. The first-order chi connectivity index (χ1) is 7.76. The fourth-order valence-corrected chi connectivity index (χ4v) is 1.27. The lowest BCUT2D eigenvalue weighted by Gasteiger charge is -2.16. The molecule has 1 aromatic heterocycles. The van der Waals surface area contributed by atoms with Crippen LogP contribution in [0.5, 0.6) is 0 Å². The number of hydrogen-bond acceptors (Lipinski definition) is 3. The average molecular weight is 221 g/mol. The van der Waals surface area contributed by atoms with Gasteiger partial charge in [-0.15, -0.1) is 0 Å². The van der Waals surface area contributed by atoms with Crippen LogP contribution >= 0.6 is 0 Å². The minimum atomic E-state index is -0.0713. The van der Waals surface area contributed by atoms with E-state index in [1.165, 1.54) is 0 Å². The Kier molecular flexibility index (Phi) is 4.98. The molecule has 1 aromatic rings. The zero-order valence-corrected chi connectivity index (χ0v) is 9.22. The maximum Gasteiger partial charge on any atom is 0.221 e. The van der Waals surface area contributed by atoms with Crippen LogP contribution in [0.2, 0.25) is 0 Å². The Labute approximate surface area is 94.5 Å². The van der Waals surface area contributed by atoms with Crippen LogP contribution in [0.4, 0.5) is 0 Å². The van der Waals surface area contributed by atoms with Crippen LogP contribution in [0.1, 0.15) is 12.0 Å². The van der Waals surface area contributed by atoms with E-state index in [1.54, 1.807) is 24.3 Å². The van der Waals surface area contributed by atoms with Gasteiger partial charge in [0.05, 0.1) is 0 Å². The first-order valence-corrected chi connectivity index (χ1v) is 5.05. The minimum Gasteiger partial charge on any atom is -0.359 e. The summed E-state index contributed by atoms with van der Waals surface area (Å²) in [6, 6.07) is 3.71. The van der Waals surface area contributed by atoms with E-state index in [1.807, 2.05) is 12.1 Å². The molecule has 0 atom stereocenters. The Morgan fingerprint density at radius 3 is 3.00 bits per heavy atom. The van der Waals surface area contributed by atoms with Gasteiger partial charge < -0.3 is 10.2 Å². The molecule has 0 aliphatic heterocycles. The SMILES string of the molecule is CNC(=O)CCN(C=O)Cc1cccnc1. The van der Waals surface area contributed by atoms with E-state index in [4.69, 9.17) is 0 Å². The summed E-state index contributed by atoms with van der Waals surface area (Å²) in [6.07, 6.45) is 4.45. The van der Waals surface area contributed by atoms with Gasteiger partial charge in [0.1, 0.15) is 0 Å². The Balaban J connectivity index is 2.43. The predicted octanol–water partition coefficient (Wildman–Crippen LogP) is 0.176. The molecule has 2 amide bonds. The molecule has 1 rings (SSSR count). The minimum absolute atomic E-state index is 0.0713. The van der Waals surface area contributed by atoms with E-state index in [0.717, 1.165) is 12.0 Å². The highest BCUT2D eigenvalue weighted by Gasteiger charge is 2.05. The summed E-state index contributed by atoms with van der Waals surface area (Å²) >= 11 is 0. The van der Waals surface area contributed by atoms with Crippen molar-refractivity contribution < 1.29 is 9.59 Å². The van der Waals surface area contributed by atoms with Gasteiger partial charge in [0.2, 0.25) is 12.3 Å². The number of hydrogen-bond donors (Lipinski definition) is 1. The molecular formula is C11H15N3O2. The summed E-state index contributed by atoms with van der Waals surface area (Å²) in [7, 11) is 1.58. The van der Waals surface area contributed by atoms with Crippen LogP contribution in [0.25, 0.3) is 0 Å². The summed E-state index contributed by atoms with van der Waals surface area (Å²) in [5.41, 5.74) is 0.950. The monoisotopic (exact) mass is 221 g/mol. The highest BCUT2D eigenvalue weighted by atomic mass is 16.2. The van der Waals surface area contributed by atoms with Crippen molar-refractivity contribution in [3.05, 3.63) is 30.1 Å². The van der Waals surface area contributed by atoms with E-state index in [9.17, 15) is 9.59 Å². The van der Waals surface area contributed by atoms with Gasteiger partial charge in [-0.1, -0.05) is 6.07 Å². The molecule has 1 N–H and O–H groups in total. The molecule has 86 valence electrons. The van der Waals surface area contributed by atoms with Gasteiger partial charge in [-0.3, -0.25) is 14.6 Å². The van der Waals surface area contributed by atoms with E-state index in [2.05, 4.69) is 10.3 Å². The first kappa shape index (κ1) is 12.2. The van der Waals surface area contributed by atoms with Crippen molar-refractivity contribution in [2.75, 3.05) is 13.6 Å².